The van der Waals surface area contributed by atoms with Crippen molar-refractivity contribution in [2.24, 2.45) is 0 Å². The minimum absolute atomic E-state index is 0.0833. The van der Waals surface area contributed by atoms with E-state index in [1.54, 1.807) is 11.8 Å². The van der Waals surface area contributed by atoms with Crippen LogP contribution in [-0.2, 0) is 11.3 Å². The molecule has 1 aliphatic heterocycles. The van der Waals surface area contributed by atoms with Crippen molar-refractivity contribution in [2.75, 3.05) is 5.75 Å². The number of carbonyl (C=O) groups is 1. The summed E-state index contributed by atoms with van der Waals surface area (Å²) in [5.74, 6) is 0.735. The molecule has 1 fully saturated rings. The van der Waals surface area contributed by atoms with Crippen LogP contribution in [-0.4, -0.2) is 16.6 Å². The lowest BCUT2D eigenvalue weighted by atomic mass is 10.1. The van der Waals surface area contributed by atoms with Crippen LogP contribution >= 0.6 is 23.4 Å². The second-order valence-electron chi connectivity index (χ2n) is 4.72. The van der Waals surface area contributed by atoms with E-state index in [1.807, 2.05) is 47.4 Å². The zero-order valence-electron chi connectivity index (χ0n) is 10.8. The highest BCUT2D eigenvalue weighted by molar-refractivity contribution is 8.00. The summed E-state index contributed by atoms with van der Waals surface area (Å²) in [5.41, 5.74) is 2.28. The Bertz CT molecular complexity index is 600. The van der Waals surface area contributed by atoms with Gasteiger partial charge in [-0.25, -0.2) is 0 Å². The zero-order valence-corrected chi connectivity index (χ0v) is 12.4. The number of thioether (sulfide) groups is 1. The van der Waals surface area contributed by atoms with Crippen molar-refractivity contribution in [1.29, 1.82) is 0 Å². The number of carbonyl (C=O) groups excluding carboxylic acids is 1. The van der Waals surface area contributed by atoms with Crippen LogP contribution in [0.15, 0.2) is 54.6 Å². The van der Waals surface area contributed by atoms with E-state index in [1.165, 1.54) is 0 Å². The summed E-state index contributed by atoms with van der Waals surface area (Å²) < 4.78 is 0. The Labute approximate surface area is 127 Å². The lowest BCUT2D eigenvalue weighted by molar-refractivity contribution is -0.128. The fourth-order valence-electron chi connectivity index (χ4n) is 2.31. The van der Waals surface area contributed by atoms with Gasteiger partial charge in [-0.3, -0.25) is 4.79 Å². The predicted octanol–water partition coefficient (Wildman–Crippen LogP) is 4.11. The lowest BCUT2D eigenvalue weighted by Crippen LogP contribution is -2.27. The largest absolute Gasteiger partial charge is 0.322 e. The maximum Gasteiger partial charge on any atom is 0.234 e. The van der Waals surface area contributed by atoms with E-state index in [0.717, 1.165) is 16.1 Å². The third kappa shape index (κ3) is 2.84. The quantitative estimate of drug-likeness (QED) is 0.850. The Hall–Kier alpha value is -1.45. The molecule has 0 aliphatic carbocycles. The van der Waals surface area contributed by atoms with Crippen molar-refractivity contribution < 1.29 is 4.79 Å². The first-order chi connectivity index (χ1) is 9.74. The maximum absolute atomic E-state index is 12.1. The average Bonchev–Trinajstić information content (AvgIpc) is 2.83. The molecule has 1 atom stereocenters. The summed E-state index contributed by atoms with van der Waals surface area (Å²) in [6.07, 6.45) is 0. The van der Waals surface area contributed by atoms with Crippen LogP contribution in [0.2, 0.25) is 5.02 Å². The van der Waals surface area contributed by atoms with E-state index in [4.69, 9.17) is 11.6 Å². The van der Waals surface area contributed by atoms with Gasteiger partial charge in [0.15, 0.2) is 0 Å². The molecule has 2 nitrogen and oxygen atoms in total. The summed E-state index contributed by atoms with van der Waals surface area (Å²) in [5, 5.41) is 0.803. The van der Waals surface area contributed by atoms with Gasteiger partial charge in [0.1, 0.15) is 5.37 Å². The van der Waals surface area contributed by atoms with Gasteiger partial charge in [-0.1, -0.05) is 54.1 Å². The molecule has 2 aromatic rings. The first-order valence-electron chi connectivity index (χ1n) is 6.44. The smallest absolute Gasteiger partial charge is 0.234 e. The molecule has 20 heavy (non-hydrogen) atoms. The SMILES string of the molecule is O=C1CS[C@@H](c2ccc(Cl)cc2)N1Cc1ccccc1. The topological polar surface area (TPSA) is 20.3 Å². The van der Waals surface area contributed by atoms with E-state index in [-0.39, 0.29) is 11.3 Å². The molecular weight excluding hydrogens is 290 g/mol. The molecule has 0 bridgehead atoms. The fourth-order valence-corrected chi connectivity index (χ4v) is 3.62. The molecule has 3 rings (SSSR count). The standard InChI is InChI=1S/C16H14ClNOS/c17-14-8-6-13(7-9-14)16-18(15(19)11-20-16)10-12-4-2-1-3-5-12/h1-9,16H,10-11H2/t16-/m0/s1. The number of amides is 1. The monoisotopic (exact) mass is 303 g/mol. The van der Waals surface area contributed by atoms with Gasteiger partial charge in [0.05, 0.1) is 5.75 Å². The molecule has 0 spiro atoms. The van der Waals surface area contributed by atoms with Gasteiger partial charge in [-0.15, -0.1) is 11.8 Å². The number of hydrogen-bond donors (Lipinski definition) is 0. The molecule has 0 radical (unpaired) electrons. The summed E-state index contributed by atoms with van der Waals surface area (Å²) >= 11 is 7.60. The van der Waals surface area contributed by atoms with E-state index in [9.17, 15) is 4.79 Å². The number of nitrogens with zero attached hydrogens (tertiary/aromatic N) is 1. The van der Waals surface area contributed by atoms with Crippen molar-refractivity contribution in [3.05, 3.63) is 70.7 Å². The van der Waals surface area contributed by atoms with Crippen LogP contribution < -0.4 is 0 Å². The van der Waals surface area contributed by atoms with Gasteiger partial charge in [-0.05, 0) is 23.3 Å². The number of benzene rings is 2. The highest BCUT2D eigenvalue weighted by atomic mass is 35.5. The Balaban J connectivity index is 1.83. The van der Waals surface area contributed by atoms with Gasteiger partial charge in [0, 0.05) is 11.6 Å². The minimum atomic E-state index is 0.0833. The number of hydrogen-bond acceptors (Lipinski definition) is 2. The lowest BCUT2D eigenvalue weighted by Gasteiger charge is -2.24. The van der Waals surface area contributed by atoms with Gasteiger partial charge < -0.3 is 4.90 Å². The molecule has 1 amide bonds. The predicted molar refractivity (Wildman–Crippen MR) is 83.6 cm³/mol. The molecule has 0 unspecified atom stereocenters. The average molecular weight is 304 g/mol. The second-order valence-corrected chi connectivity index (χ2v) is 6.23. The molecule has 0 aromatic heterocycles. The Morgan fingerprint density at radius 1 is 1.10 bits per heavy atom. The minimum Gasteiger partial charge on any atom is -0.322 e. The van der Waals surface area contributed by atoms with Crippen LogP contribution in [0, 0.1) is 0 Å². The zero-order chi connectivity index (χ0) is 13.9. The van der Waals surface area contributed by atoms with E-state index >= 15 is 0 Å². The van der Waals surface area contributed by atoms with Crippen LogP contribution in [0.1, 0.15) is 16.5 Å². The van der Waals surface area contributed by atoms with Crippen molar-refractivity contribution in [2.45, 2.75) is 11.9 Å². The van der Waals surface area contributed by atoms with E-state index in [2.05, 4.69) is 12.1 Å². The Morgan fingerprint density at radius 2 is 1.80 bits per heavy atom. The summed E-state index contributed by atoms with van der Waals surface area (Å²) in [6, 6.07) is 17.8. The number of rotatable bonds is 3. The van der Waals surface area contributed by atoms with E-state index in [0.29, 0.717) is 12.3 Å². The molecule has 0 saturated carbocycles. The Kier molecular flexibility index (Phi) is 3.99. The van der Waals surface area contributed by atoms with Gasteiger partial charge >= 0.3 is 0 Å². The maximum atomic E-state index is 12.1. The molecule has 1 aliphatic rings. The summed E-state index contributed by atoms with van der Waals surface area (Å²) in [7, 11) is 0. The highest BCUT2D eigenvalue weighted by Gasteiger charge is 2.32. The van der Waals surface area contributed by atoms with Crippen LogP contribution in [0.3, 0.4) is 0 Å². The molecule has 102 valence electrons. The van der Waals surface area contributed by atoms with Crippen molar-refractivity contribution in [3.63, 3.8) is 0 Å². The summed E-state index contributed by atoms with van der Waals surface area (Å²) in [4.78, 5) is 14.0. The Morgan fingerprint density at radius 3 is 2.50 bits per heavy atom. The first-order valence-corrected chi connectivity index (χ1v) is 7.87. The van der Waals surface area contributed by atoms with Crippen LogP contribution in [0.5, 0.6) is 0 Å². The third-order valence-corrected chi connectivity index (χ3v) is 4.83. The van der Waals surface area contributed by atoms with Gasteiger partial charge in [-0.2, -0.15) is 0 Å². The summed E-state index contributed by atoms with van der Waals surface area (Å²) in [6.45, 7) is 0.653. The van der Waals surface area contributed by atoms with Gasteiger partial charge in [0.25, 0.3) is 0 Å². The first kappa shape index (κ1) is 13.5. The molecule has 4 heteroatoms. The number of halogens is 1. The van der Waals surface area contributed by atoms with Crippen molar-refractivity contribution in [1.82, 2.24) is 4.90 Å². The highest BCUT2D eigenvalue weighted by Crippen LogP contribution is 2.39. The molecular formula is C16H14ClNOS. The van der Waals surface area contributed by atoms with Crippen molar-refractivity contribution >= 4 is 29.3 Å². The molecule has 1 heterocycles. The van der Waals surface area contributed by atoms with Crippen molar-refractivity contribution in [3.8, 4) is 0 Å². The van der Waals surface area contributed by atoms with Gasteiger partial charge in [0.2, 0.25) is 5.91 Å². The molecule has 2 aromatic carbocycles. The third-order valence-electron chi connectivity index (χ3n) is 3.32. The van der Waals surface area contributed by atoms with Crippen LogP contribution in [0.4, 0.5) is 0 Å². The van der Waals surface area contributed by atoms with E-state index < -0.39 is 0 Å². The normalized spacial score (nSPS) is 18.6. The van der Waals surface area contributed by atoms with Crippen LogP contribution in [0.25, 0.3) is 0 Å². The molecule has 0 N–H and O–H groups in total. The molecule has 1 saturated heterocycles. The second kappa shape index (κ2) is 5.90. The fraction of sp³-hybridized carbons (Fsp3) is 0.188.